The highest BCUT2D eigenvalue weighted by molar-refractivity contribution is 7.99. The Hall–Kier alpha value is -3.42. The van der Waals surface area contributed by atoms with E-state index in [2.05, 4.69) is 15.5 Å². The summed E-state index contributed by atoms with van der Waals surface area (Å²) in [5, 5.41) is 12.4. The molecule has 4 rings (SSSR count). The third kappa shape index (κ3) is 5.43. The molecule has 1 heterocycles. The first-order valence-corrected chi connectivity index (χ1v) is 11.3. The number of nitrogens with zero attached hydrogens (tertiary/aromatic N) is 3. The number of hydrogen-bond donors (Lipinski definition) is 1. The molecule has 4 aromatic rings. The van der Waals surface area contributed by atoms with Crippen molar-refractivity contribution in [3.05, 3.63) is 96.1 Å². The molecule has 7 heteroatoms. The lowest BCUT2D eigenvalue weighted by atomic mass is 10.1. The first kappa shape index (κ1) is 21.8. The van der Waals surface area contributed by atoms with Crippen LogP contribution in [-0.4, -0.2) is 33.5 Å². The van der Waals surface area contributed by atoms with Crippen molar-refractivity contribution < 1.29 is 9.53 Å². The number of ether oxygens (including phenoxy) is 1. The molecule has 0 aliphatic heterocycles. The highest BCUT2D eigenvalue weighted by atomic mass is 32.2. The van der Waals surface area contributed by atoms with Gasteiger partial charge in [-0.15, -0.1) is 10.2 Å². The van der Waals surface area contributed by atoms with Crippen LogP contribution in [-0.2, 0) is 22.7 Å². The maximum absolute atomic E-state index is 12.5. The second kappa shape index (κ2) is 10.7. The Morgan fingerprint density at radius 2 is 1.56 bits per heavy atom. The molecule has 1 N–H and O–H groups in total. The summed E-state index contributed by atoms with van der Waals surface area (Å²) in [6.45, 7) is 1.06. The van der Waals surface area contributed by atoms with Gasteiger partial charge in [0.05, 0.1) is 12.4 Å². The van der Waals surface area contributed by atoms with E-state index in [0.717, 1.165) is 28.2 Å². The highest BCUT2D eigenvalue weighted by Gasteiger charge is 2.17. The Bertz CT molecular complexity index is 1150. The molecular formula is C25H24N4O2S. The van der Waals surface area contributed by atoms with Crippen LogP contribution in [0.25, 0.3) is 17.1 Å². The molecule has 0 saturated heterocycles. The van der Waals surface area contributed by atoms with E-state index in [0.29, 0.717) is 18.3 Å². The van der Waals surface area contributed by atoms with Crippen LogP contribution < -0.4 is 5.32 Å². The predicted molar refractivity (Wildman–Crippen MR) is 127 cm³/mol. The van der Waals surface area contributed by atoms with E-state index in [1.54, 1.807) is 7.11 Å². The van der Waals surface area contributed by atoms with Crippen LogP contribution in [0.5, 0.6) is 0 Å². The van der Waals surface area contributed by atoms with Gasteiger partial charge >= 0.3 is 0 Å². The second-order valence-electron chi connectivity index (χ2n) is 7.16. The minimum Gasteiger partial charge on any atom is -0.380 e. The molecule has 0 atom stereocenters. The number of para-hydroxylation sites is 1. The number of hydrogen-bond acceptors (Lipinski definition) is 5. The molecule has 0 radical (unpaired) electrons. The van der Waals surface area contributed by atoms with Gasteiger partial charge in [-0.2, -0.15) is 0 Å². The van der Waals surface area contributed by atoms with Crippen LogP contribution in [0.15, 0.2) is 90.1 Å². The number of thioether (sulfide) groups is 1. The highest BCUT2D eigenvalue weighted by Crippen LogP contribution is 2.27. The number of aromatic nitrogens is 3. The van der Waals surface area contributed by atoms with Crippen LogP contribution in [0.3, 0.4) is 0 Å². The minimum atomic E-state index is -0.0557. The van der Waals surface area contributed by atoms with E-state index < -0.39 is 0 Å². The van der Waals surface area contributed by atoms with Crippen LogP contribution in [0, 0.1) is 0 Å². The molecule has 0 bridgehead atoms. The zero-order valence-corrected chi connectivity index (χ0v) is 18.6. The molecule has 0 saturated carbocycles. The molecule has 6 nitrogen and oxygen atoms in total. The molecule has 0 spiro atoms. The van der Waals surface area contributed by atoms with Gasteiger partial charge in [0.1, 0.15) is 0 Å². The number of nitrogens with one attached hydrogen (secondary N) is 1. The first-order valence-electron chi connectivity index (χ1n) is 10.3. The summed E-state index contributed by atoms with van der Waals surface area (Å²) in [5.41, 5.74) is 4.07. The summed E-state index contributed by atoms with van der Waals surface area (Å²) < 4.78 is 7.11. The van der Waals surface area contributed by atoms with Gasteiger partial charge in [0.2, 0.25) is 5.91 Å². The van der Waals surface area contributed by atoms with E-state index in [1.807, 2.05) is 89.5 Å². The molecule has 162 valence electrons. The standard InChI is InChI=1S/C25H24N4O2S/c1-31-17-20-14-12-19(13-15-20)16-26-23(30)18-32-25-28-27-24(21-8-4-2-5-9-21)29(25)22-10-6-3-7-11-22/h2-15H,16-18H2,1H3,(H,26,30). The third-order valence-corrected chi connectivity index (χ3v) is 5.76. The van der Waals surface area contributed by atoms with Gasteiger partial charge < -0.3 is 10.1 Å². The van der Waals surface area contributed by atoms with Crippen molar-refractivity contribution in [1.29, 1.82) is 0 Å². The number of rotatable bonds is 9. The van der Waals surface area contributed by atoms with Crippen LogP contribution in [0.1, 0.15) is 11.1 Å². The maximum Gasteiger partial charge on any atom is 0.230 e. The number of amides is 1. The zero-order valence-electron chi connectivity index (χ0n) is 17.8. The Labute approximate surface area is 191 Å². The molecule has 0 unspecified atom stereocenters. The Balaban J connectivity index is 1.44. The quantitative estimate of drug-likeness (QED) is 0.385. The van der Waals surface area contributed by atoms with E-state index in [-0.39, 0.29) is 11.7 Å². The lowest BCUT2D eigenvalue weighted by molar-refractivity contribution is -0.118. The summed E-state index contributed by atoms with van der Waals surface area (Å²) >= 11 is 1.37. The summed E-state index contributed by atoms with van der Waals surface area (Å²) in [7, 11) is 1.67. The molecule has 1 amide bonds. The molecule has 1 aromatic heterocycles. The van der Waals surface area contributed by atoms with Crippen LogP contribution >= 0.6 is 11.8 Å². The number of carbonyl (C=O) groups is 1. The fraction of sp³-hybridized carbons (Fsp3) is 0.160. The molecular weight excluding hydrogens is 420 g/mol. The zero-order chi connectivity index (χ0) is 22.2. The smallest absolute Gasteiger partial charge is 0.230 e. The van der Waals surface area contributed by atoms with Gasteiger partial charge in [-0.05, 0) is 23.3 Å². The largest absolute Gasteiger partial charge is 0.380 e. The van der Waals surface area contributed by atoms with Crippen molar-refractivity contribution in [2.45, 2.75) is 18.3 Å². The van der Waals surface area contributed by atoms with Gasteiger partial charge in [-0.3, -0.25) is 9.36 Å². The van der Waals surface area contributed by atoms with Crippen molar-refractivity contribution in [1.82, 2.24) is 20.1 Å². The van der Waals surface area contributed by atoms with E-state index >= 15 is 0 Å². The number of methoxy groups -OCH3 is 1. The Kier molecular flexibility index (Phi) is 7.32. The van der Waals surface area contributed by atoms with Crippen molar-refractivity contribution in [2.75, 3.05) is 12.9 Å². The topological polar surface area (TPSA) is 69.0 Å². The molecule has 3 aromatic carbocycles. The van der Waals surface area contributed by atoms with Crippen molar-refractivity contribution >= 4 is 17.7 Å². The van der Waals surface area contributed by atoms with Crippen molar-refractivity contribution in [2.24, 2.45) is 0 Å². The van der Waals surface area contributed by atoms with Gasteiger partial charge in [0, 0.05) is 24.9 Å². The van der Waals surface area contributed by atoms with Crippen molar-refractivity contribution in [3.8, 4) is 17.1 Å². The lowest BCUT2D eigenvalue weighted by Gasteiger charge is -2.10. The molecule has 0 fully saturated rings. The summed E-state index contributed by atoms with van der Waals surface area (Å²) in [5.74, 6) is 0.942. The molecule has 32 heavy (non-hydrogen) atoms. The summed E-state index contributed by atoms with van der Waals surface area (Å²) in [6.07, 6.45) is 0. The SMILES string of the molecule is COCc1ccc(CNC(=O)CSc2nnc(-c3ccccc3)n2-c2ccccc2)cc1. The lowest BCUT2D eigenvalue weighted by Crippen LogP contribution is -2.24. The first-order chi connectivity index (χ1) is 15.7. The minimum absolute atomic E-state index is 0.0557. The normalized spacial score (nSPS) is 10.8. The average molecular weight is 445 g/mol. The van der Waals surface area contributed by atoms with E-state index in [4.69, 9.17) is 4.74 Å². The van der Waals surface area contributed by atoms with Gasteiger partial charge in [0.25, 0.3) is 0 Å². The monoisotopic (exact) mass is 444 g/mol. The fourth-order valence-electron chi connectivity index (χ4n) is 3.25. The average Bonchev–Trinajstić information content (AvgIpc) is 3.27. The van der Waals surface area contributed by atoms with Crippen molar-refractivity contribution in [3.63, 3.8) is 0 Å². The fourth-order valence-corrected chi connectivity index (χ4v) is 4.03. The second-order valence-corrected chi connectivity index (χ2v) is 8.10. The predicted octanol–water partition coefficient (Wildman–Crippen LogP) is 4.49. The van der Waals surface area contributed by atoms with E-state index in [1.165, 1.54) is 11.8 Å². The molecule has 0 aliphatic rings. The Morgan fingerprint density at radius 3 is 2.25 bits per heavy atom. The van der Waals surface area contributed by atoms with Gasteiger partial charge in [-0.1, -0.05) is 84.6 Å². The number of benzene rings is 3. The summed E-state index contributed by atoms with van der Waals surface area (Å²) in [6, 6.07) is 27.9. The van der Waals surface area contributed by atoms with Gasteiger partial charge in [0.15, 0.2) is 11.0 Å². The molecule has 0 aliphatic carbocycles. The number of carbonyl (C=O) groups excluding carboxylic acids is 1. The van der Waals surface area contributed by atoms with E-state index in [9.17, 15) is 4.79 Å². The van der Waals surface area contributed by atoms with Crippen LogP contribution in [0.2, 0.25) is 0 Å². The Morgan fingerprint density at radius 1 is 0.906 bits per heavy atom. The third-order valence-electron chi connectivity index (χ3n) is 4.84. The summed E-state index contributed by atoms with van der Waals surface area (Å²) in [4.78, 5) is 12.5. The van der Waals surface area contributed by atoms with Gasteiger partial charge in [-0.25, -0.2) is 0 Å². The van der Waals surface area contributed by atoms with Crippen LogP contribution in [0.4, 0.5) is 0 Å². The maximum atomic E-state index is 12.5.